The Morgan fingerprint density at radius 3 is 2.71 bits per heavy atom. The summed E-state index contributed by atoms with van der Waals surface area (Å²) in [4.78, 5) is 13.5. The second kappa shape index (κ2) is 7.38. The molecule has 1 aromatic rings. The van der Waals surface area contributed by atoms with Crippen molar-refractivity contribution in [3.8, 4) is 0 Å². The summed E-state index contributed by atoms with van der Waals surface area (Å²) >= 11 is 1.63. The molecule has 0 saturated heterocycles. The van der Waals surface area contributed by atoms with Gasteiger partial charge in [-0.3, -0.25) is 4.79 Å². The zero-order valence-electron chi connectivity index (χ0n) is 12.9. The Morgan fingerprint density at radius 2 is 2.10 bits per heavy atom. The van der Waals surface area contributed by atoms with Gasteiger partial charge in [-0.25, -0.2) is 0 Å². The first kappa shape index (κ1) is 16.5. The second-order valence-electron chi connectivity index (χ2n) is 6.10. The van der Waals surface area contributed by atoms with E-state index in [0.29, 0.717) is 6.42 Å². The van der Waals surface area contributed by atoms with Gasteiger partial charge in [0.2, 0.25) is 0 Å². The lowest BCUT2D eigenvalue weighted by Crippen LogP contribution is -2.50. The number of hydrogen-bond acceptors (Lipinski definition) is 5. The number of ether oxygens (including phenoxy) is 1. The smallest absolute Gasteiger partial charge is 0.310 e. The molecule has 1 saturated carbocycles. The molecule has 2 N–H and O–H groups in total. The van der Waals surface area contributed by atoms with E-state index in [1.807, 2.05) is 12.1 Å². The summed E-state index contributed by atoms with van der Waals surface area (Å²) in [6.07, 6.45) is 4.75. The van der Waals surface area contributed by atoms with Crippen LogP contribution in [0.5, 0.6) is 0 Å². The van der Waals surface area contributed by atoms with Gasteiger partial charge in [-0.05, 0) is 43.7 Å². The highest BCUT2D eigenvalue weighted by Crippen LogP contribution is 2.32. The maximum atomic E-state index is 11.3. The third kappa shape index (κ3) is 4.53. The number of rotatable bonds is 6. The van der Waals surface area contributed by atoms with Gasteiger partial charge in [0.15, 0.2) is 0 Å². The number of aliphatic hydroxyl groups is 1. The number of methoxy groups -OCH3 is 1. The van der Waals surface area contributed by atoms with Crippen LogP contribution >= 0.6 is 11.3 Å². The molecular weight excluding hydrogens is 286 g/mol. The van der Waals surface area contributed by atoms with E-state index in [4.69, 9.17) is 0 Å². The van der Waals surface area contributed by atoms with E-state index in [1.54, 1.807) is 11.3 Å². The molecule has 0 unspecified atom stereocenters. The van der Waals surface area contributed by atoms with Gasteiger partial charge >= 0.3 is 5.97 Å². The number of thiophene rings is 1. The Labute approximate surface area is 130 Å². The molecule has 0 amide bonds. The van der Waals surface area contributed by atoms with E-state index in [-0.39, 0.29) is 18.1 Å². The minimum absolute atomic E-state index is 0.126. The van der Waals surface area contributed by atoms with E-state index in [1.165, 1.54) is 24.8 Å². The maximum Gasteiger partial charge on any atom is 0.310 e. The normalized spacial score (nSPS) is 25.8. The SMILES string of the molecule is COC(=O)Cc1ccc(CNC2(CO)CCC(C)CC2)s1. The predicted molar refractivity (Wildman–Crippen MR) is 84.3 cm³/mol. The largest absolute Gasteiger partial charge is 0.469 e. The highest BCUT2D eigenvalue weighted by molar-refractivity contribution is 7.12. The monoisotopic (exact) mass is 311 g/mol. The summed E-state index contributed by atoms with van der Waals surface area (Å²) in [5, 5.41) is 13.3. The fourth-order valence-corrected chi connectivity index (χ4v) is 3.75. The molecule has 2 rings (SSSR count). The van der Waals surface area contributed by atoms with E-state index >= 15 is 0 Å². The Bertz CT molecular complexity index is 464. The molecule has 1 fully saturated rings. The first-order valence-electron chi connectivity index (χ1n) is 7.57. The molecule has 118 valence electrons. The number of nitrogens with one attached hydrogen (secondary N) is 1. The minimum atomic E-state index is -0.204. The quantitative estimate of drug-likeness (QED) is 0.793. The van der Waals surface area contributed by atoms with Crippen LogP contribution in [0, 0.1) is 5.92 Å². The average molecular weight is 311 g/mol. The van der Waals surface area contributed by atoms with Crippen molar-refractivity contribution in [3.05, 3.63) is 21.9 Å². The van der Waals surface area contributed by atoms with Crippen LogP contribution in [0.3, 0.4) is 0 Å². The van der Waals surface area contributed by atoms with Gasteiger partial charge in [-0.2, -0.15) is 0 Å². The molecule has 0 aliphatic heterocycles. The average Bonchev–Trinajstić information content (AvgIpc) is 2.94. The van der Waals surface area contributed by atoms with Gasteiger partial charge in [0.1, 0.15) is 0 Å². The van der Waals surface area contributed by atoms with Crippen LogP contribution in [0.2, 0.25) is 0 Å². The lowest BCUT2D eigenvalue weighted by atomic mass is 9.77. The Morgan fingerprint density at radius 1 is 1.43 bits per heavy atom. The molecule has 0 bridgehead atoms. The third-order valence-corrected chi connectivity index (χ3v) is 5.52. The molecular formula is C16H25NO3S. The molecule has 0 spiro atoms. The maximum absolute atomic E-state index is 11.3. The molecule has 21 heavy (non-hydrogen) atoms. The molecule has 0 atom stereocenters. The van der Waals surface area contributed by atoms with Crippen LogP contribution in [0.1, 0.15) is 42.4 Å². The van der Waals surface area contributed by atoms with Crippen molar-refractivity contribution in [2.24, 2.45) is 5.92 Å². The van der Waals surface area contributed by atoms with Crippen LogP contribution in [0.25, 0.3) is 0 Å². The topological polar surface area (TPSA) is 58.6 Å². The summed E-state index contributed by atoms with van der Waals surface area (Å²) in [6.45, 7) is 3.22. The summed E-state index contributed by atoms with van der Waals surface area (Å²) < 4.78 is 4.68. The van der Waals surface area contributed by atoms with E-state index in [0.717, 1.165) is 30.2 Å². The van der Waals surface area contributed by atoms with Gasteiger partial charge in [0, 0.05) is 21.8 Å². The van der Waals surface area contributed by atoms with Gasteiger partial charge in [-0.1, -0.05) is 6.92 Å². The fraction of sp³-hybridized carbons (Fsp3) is 0.688. The second-order valence-corrected chi connectivity index (χ2v) is 7.35. The van der Waals surface area contributed by atoms with Gasteiger partial charge in [-0.15, -0.1) is 11.3 Å². The third-order valence-electron chi connectivity index (χ3n) is 4.44. The number of carbonyl (C=O) groups is 1. The Kier molecular flexibility index (Phi) is 5.79. The highest BCUT2D eigenvalue weighted by Gasteiger charge is 2.33. The van der Waals surface area contributed by atoms with Crippen molar-refractivity contribution in [1.82, 2.24) is 5.32 Å². The molecule has 0 aromatic carbocycles. The molecule has 1 heterocycles. The van der Waals surface area contributed by atoms with Crippen molar-refractivity contribution in [2.45, 2.75) is 51.1 Å². The van der Waals surface area contributed by atoms with E-state index < -0.39 is 0 Å². The standard InChI is InChI=1S/C16H25NO3S/c1-12-5-7-16(11-18,8-6-12)17-10-14-4-3-13(21-14)9-15(19)20-2/h3-4,12,17-18H,5-11H2,1-2H3. The molecule has 5 heteroatoms. The summed E-state index contributed by atoms with van der Waals surface area (Å²) in [6, 6.07) is 4.03. The zero-order valence-corrected chi connectivity index (χ0v) is 13.7. The number of esters is 1. The van der Waals surface area contributed by atoms with Gasteiger partial charge in [0.05, 0.1) is 20.1 Å². The lowest BCUT2D eigenvalue weighted by molar-refractivity contribution is -0.139. The van der Waals surface area contributed by atoms with E-state index in [2.05, 4.69) is 17.0 Å². The number of carbonyl (C=O) groups excluding carboxylic acids is 1. The summed E-state index contributed by atoms with van der Waals surface area (Å²) in [5.74, 6) is 0.560. The number of aliphatic hydroxyl groups excluding tert-OH is 1. The lowest BCUT2D eigenvalue weighted by Gasteiger charge is -2.39. The minimum Gasteiger partial charge on any atom is -0.469 e. The highest BCUT2D eigenvalue weighted by atomic mass is 32.1. The number of hydrogen-bond donors (Lipinski definition) is 2. The zero-order chi connectivity index (χ0) is 15.3. The molecule has 1 aliphatic rings. The van der Waals surface area contributed by atoms with Gasteiger partial charge < -0.3 is 15.2 Å². The molecule has 1 aromatic heterocycles. The molecule has 4 nitrogen and oxygen atoms in total. The molecule has 1 aliphatic carbocycles. The van der Waals surface area contributed by atoms with Crippen LogP contribution in [-0.2, 0) is 22.5 Å². The van der Waals surface area contributed by atoms with Crippen LogP contribution in [0.4, 0.5) is 0 Å². The first-order valence-corrected chi connectivity index (χ1v) is 8.39. The predicted octanol–water partition coefficient (Wildman–Crippen LogP) is 2.49. The van der Waals surface area contributed by atoms with Crippen LogP contribution < -0.4 is 5.32 Å². The fourth-order valence-electron chi connectivity index (χ4n) is 2.81. The van der Waals surface area contributed by atoms with Crippen LogP contribution in [0.15, 0.2) is 12.1 Å². The first-order chi connectivity index (χ1) is 10.1. The van der Waals surface area contributed by atoms with Crippen molar-refractivity contribution in [1.29, 1.82) is 0 Å². The Balaban J connectivity index is 1.88. The Hall–Kier alpha value is -0.910. The van der Waals surface area contributed by atoms with Crippen molar-refractivity contribution >= 4 is 17.3 Å². The van der Waals surface area contributed by atoms with Gasteiger partial charge in [0.25, 0.3) is 0 Å². The summed E-state index contributed by atoms with van der Waals surface area (Å²) in [7, 11) is 1.41. The molecule has 0 radical (unpaired) electrons. The van der Waals surface area contributed by atoms with E-state index in [9.17, 15) is 9.90 Å². The van der Waals surface area contributed by atoms with Crippen molar-refractivity contribution in [2.75, 3.05) is 13.7 Å². The van der Waals surface area contributed by atoms with Crippen LogP contribution in [-0.4, -0.2) is 30.3 Å². The van der Waals surface area contributed by atoms with Crippen molar-refractivity contribution in [3.63, 3.8) is 0 Å². The van der Waals surface area contributed by atoms with Crippen molar-refractivity contribution < 1.29 is 14.6 Å². The summed E-state index contributed by atoms with van der Waals surface area (Å²) in [5.41, 5.74) is -0.126.